The number of benzene rings is 3. The molecule has 1 amide bonds. The Balaban J connectivity index is 1.46. The molecule has 0 aliphatic heterocycles. The number of hydrogen-bond donors (Lipinski definition) is 1. The summed E-state index contributed by atoms with van der Waals surface area (Å²) in [6, 6.07) is 21.6. The first-order valence-electron chi connectivity index (χ1n) is 8.26. The normalized spacial score (nSPS) is 10.4. The summed E-state index contributed by atoms with van der Waals surface area (Å²) < 4.78 is 10.9. The largest absolute Gasteiger partial charge is 0.497 e. The molecule has 3 aromatic rings. The van der Waals surface area contributed by atoms with Gasteiger partial charge in [0.2, 0.25) is 5.91 Å². The van der Waals surface area contributed by atoms with Crippen LogP contribution < -0.4 is 14.8 Å². The fraction of sp³-hybridized carbons (Fsp3) is 0.190. The van der Waals surface area contributed by atoms with Crippen molar-refractivity contribution in [1.29, 1.82) is 0 Å². The first kappa shape index (κ1) is 16.8. The summed E-state index contributed by atoms with van der Waals surface area (Å²) in [5.41, 5.74) is 0.952. The monoisotopic (exact) mass is 335 g/mol. The minimum Gasteiger partial charge on any atom is -0.497 e. The van der Waals surface area contributed by atoms with Gasteiger partial charge in [0.05, 0.1) is 20.1 Å². The molecule has 3 aromatic carbocycles. The molecule has 0 aromatic heterocycles. The second-order valence-corrected chi connectivity index (χ2v) is 5.70. The summed E-state index contributed by atoms with van der Waals surface area (Å²) in [6.07, 6.45) is 0.345. The first-order valence-corrected chi connectivity index (χ1v) is 8.26. The van der Waals surface area contributed by atoms with Gasteiger partial charge in [0.15, 0.2) is 0 Å². The Bertz CT molecular complexity index is 838. The summed E-state index contributed by atoms with van der Waals surface area (Å²) in [7, 11) is 1.62. The summed E-state index contributed by atoms with van der Waals surface area (Å²) in [4.78, 5) is 12.0. The van der Waals surface area contributed by atoms with E-state index in [4.69, 9.17) is 9.47 Å². The van der Waals surface area contributed by atoms with Crippen molar-refractivity contribution in [3.8, 4) is 11.5 Å². The number of rotatable bonds is 7. The molecule has 1 N–H and O–H groups in total. The van der Waals surface area contributed by atoms with Crippen molar-refractivity contribution in [2.24, 2.45) is 0 Å². The highest BCUT2D eigenvalue weighted by Gasteiger charge is 2.04. The van der Waals surface area contributed by atoms with Gasteiger partial charge >= 0.3 is 0 Å². The Morgan fingerprint density at radius 2 is 1.72 bits per heavy atom. The predicted molar refractivity (Wildman–Crippen MR) is 99.2 cm³/mol. The van der Waals surface area contributed by atoms with E-state index < -0.39 is 0 Å². The van der Waals surface area contributed by atoms with Crippen molar-refractivity contribution >= 4 is 16.7 Å². The van der Waals surface area contributed by atoms with Gasteiger partial charge in [0.25, 0.3) is 0 Å². The molecule has 128 valence electrons. The van der Waals surface area contributed by atoms with Crippen LogP contribution in [0.4, 0.5) is 0 Å². The topological polar surface area (TPSA) is 47.6 Å². The van der Waals surface area contributed by atoms with Gasteiger partial charge in [0.1, 0.15) is 18.1 Å². The Morgan fingerprint density at radius 1 is 0.960 bits per heavy atom. The van der Waals surface area contributed by atoms with Crippen molar-refractivity contribution in [3.05, 3.63) is 72.3 Å². The Morgan fingerprint density at radius 3 is 2.52 bits per heavy atom. The lowest BCUT2D eigenvalue weighted by Crippen LogP contribution is -2.29. The zero-order valence-electron chi connectivity index (χ0n) is 14.2. The molecular formula is C21H21NO3. The van der Waals surface area contributed by atoms with Gasteiger partial charge in [-0.25, -0.2) is 0 Å². The number of fused-ring (bicyclic) bond motifs is 1. The number of nitrogens with one attached hydrogen (secondary N) is 1. The van der Waals surface area contributed by atoms with E-state index >= 15 is 0 Å². The third kappa shape index (κ3) is 4.51. The molecule has 0 heterocycles. The number of ether oxygens (including phenoxy) is 2. The molecule has 0 aliphatic carbocycles. The lowest BCUT2D eigenvalue weighted by atomic mass is 10.1. The Hall–Kier alpha value is -3.01. The zero-order valence-corrected chi connectivity index (χ0v) is 14.2. The average Bonchev–Trinajstić information content (AvgIpc) is 2.66. The number of carbonyl (C=O) groups excluding carboxylic acids is 1. The Labute approximate surface area is 147 Å². The van der Waals surface area contributed by atoms with E-state index in [9.17, 15) is 4.79 Å². The van der Waals surface area contributed by atoms with E-state index in [1.807, 2.05) is 54.6 Å². The van der Waals surface area contributed by atoms with E-state index in [-0.39, 0.29) is 5.91 Å². The molecule has 0 atom stereocenters. The second-order valence-electron chi connectivity index (χ2n) is 5.70. The molecule has 0 saturated heterocycles. The average molecular weight is 335 g/mol. The smallest absolute Gasteiger partial charge is 0.224 e. The van der Waals surface area contributed by atoms with Crippen LogP contribution in [0.15, 0.2) is 66.7 Å². The zero-order chi connectivity index (χ0) is 17.5. The van der Waals surface area contributed by atoms with Crippen molar-refractivity contribution in [2.75, 3.05) is 20.3 Å². The van der Waals surface area contributed by atoms with Gasteiger partial charge in [-0.05, 0) is 29.1 Å². The molecule has 0 saturated carbocycles. The maximum Gasteiger partial charge on any atom is 0.224 e. The fourth-order valence-electron chi connectivity index (χ4n) is 2.66. The van der Waals surface area contributed by atoms with E-state index in [2.05, 4.69) is 17.4 Å². The third-order valence-electron chi connectivity index (χ3n) is 3.96. The molecule has 0 aliphatic rings. The number of amides is 1. The van der Waals surface area contributed by atoms with Crippen LogP contribution in [0.2, 0.25) is 0 Å². The van der Waals surface area contributed by atoms with Crippen LogP contribution >= 0.6 is 0 Å². The molecule has 4 heteroatoms. The standard InChI is InChI=1S/C21H21NO3/c1-24-18-11-9-16(10-12-18)15-21(23)22-13-14-25-20-8-4-6-17-5-2-3-7-19(17)20/h2-12H,13-15H2,1H3,(H,22,23). The van der Waals surface area contributed by atoms with Crippen molar-refractivity contribution < 1.29 is 14.3 Å². The highest BCUT2D eigenvalue weighted by molar-refractivity contribution is 5.88. The SMILES string of the molecule is COc1ccc(CC(=O)NCCOc2cccc3ccccc23)cc1. The molecular weight excluding hydrogens is 314 g/mol. The number of methoxy groups -OCH3 is 1. The maximum atomic E-state index is 12.0. The molecule has 4 nitrogen and oxygen atoms in total. The number of carbonyl (C=O) groups is 1. The van der Waals surface area contributed by atoms with Gasteiger partial charge in [-0.1, -0.05) is 48.5 Å². The Kier molecular flexibility index (Phi) is 5.52. The predicted octanol–water partition coefficient (Wildman–Crippen LogP) is 3.59. The van der Waals surface area contributed by atoms with Crippen LogP contribution in [0.5, 0.6) is 11.5 Å². The number of hydrogen-bond acceptors (Lipinski definition) is 3. The van der Waals surface area contributed by atoms with E-state index in [1.54, 1.807) is 7.11 Å². The minimum absolute atomic E-state index is 0.0216. The summed E-state index contributed by atoms with van der Waals surface area (Å²) >= 11 is 0. The van der Waals surface area contributed by atoms with Crippen LogP contribution in [-0.2, 0) is 11.2 Å². The lowest BCUT2D eigenvalue weighted by molar-refractivity contribution is -0.120. The highest BCUT2D eigenvalue weighted by atomic mass is 16.5. The summed E-state index contributed by atoms with van der Waals surface area (Å²) in [6.45, 7) is 0.903. The van der Waals surface area contributed by atoms with Crippen LogP contribution in [0.1, 0.15) is 5.56 Å². The minimum atomic E-state index is -0.0216. The maximum absolute atomic E-state index is 12.0. The lowest BCUT2D eigenvalue weighted by Gasteiger charge is -2.10. The third-order valence-corrected chi connectivity index (χ3v) is 3.96. The van der Waals surface area contributed by atoms with Gasteiger partial charge in [-0.2, -0.15) is 0 Å². The van der Waals surface area contributed by atoms with Gasteiger partial charge in [-0.15, -0.1) is 0 Å². The van der Waals surface area contributed by atoms with E-state index in [0.717, 1.165) is 27.8 Å². The molecule has 0 unspecified atom stereocenters. The summed E-state index contributed by atoms with van der Waals surface area (Å²) in [5.74, 6) is 1.60. The highest BCUT2D eigenvalue weighted by Crippen LogP contribution is 2.24. The molecule has 0 radical (unpaired) electrons. The van der Waals surface area contributed by atoms with Crippen molar-refractivity contribution in [1.82, 2.24) is 5.32 Å². The quantitative estimate of drug-likeness (QED) is 0.671. The van der Waals surface area contributed by atoms with E-state index in [1.165, 1.54) is 0 Å². The van der Waals surface area contributed by atoms with Gasteiger partial charge in [0, 0.05) is 5.39 Å². The molecule has 0 spiro atoms. The molecule has 0 bridgehead atoms. The second kappa shape index (κ2) is 8.20. The molecule has 25 heavy (non-hydrogen) atoms. The first-order chi connectivity index (χ1) is 12.3. The molecule has 0 fully saturated rings. The van der Waals surface area contributed by atoms with Crippen molar-refractivity contribution in [3.63, 3.8) is 0 Å². The summed E-state index contributed by atoms with van der Waals surface area (Å²) in [5, 5.41) is 5.10. The van der Waals surface area contributed by atoms with Gasteiger partial charge in [-0.3, -0.25) is 4.79 Å². The van der Waals surface area contributed by atoms with Crippen LogP contribution in [0.25, 0.3) is 10.8 Å². The van der Waals surface area contributed by atoms with E-state index in [0.29, 0.717) is 19.6 Å². The van der Waals surface area contributed by atoms with Crippen LogP contribution in [0.3, 0.4) is 0 Å². The molecule has 3 rings (SSSR count). The van der Waals surface area contributed by atoms with Gasteiger partial charge < -0.3 is 14.8 Å². The van der Waals surface area contributed by atoms with Crippen LogP contribution in [-0.4, -0.2) is 26.2 Å². The fourth-order valence-corrected chi connectivity index (χ4v) is 2.66. The van der Waals surface area contributed by atoms with Crippen LogP contribution in [0, 0.1) is 0 Å². The van der Waals surface area contributed by atoms with Crippen molar-refractivity contribution in [2.45, 2.75) is 6.42 Å².